The minimum Gasteiger partial charge on any atom is -0.315 e. The van der Waals surface area contributed by atoms with Crippen LogP contribution < -0.4 is 5.32 Å². The average molecular weight is 331 g/mol. The normalized spacial score (nSPS) is 16.2. The molecule has 2 amide bonds. The molecule has 0 saturated carbocycles. The summed E-state index contributed by atoms with van der Waals surface area (Å²) in [6.45, 7) is 20.7. The number of hydrogen-bond donors (Lipinski definition) is 1. The van der Waals surface area contributed by atoms with E-state index in [2.05, 4.69) is 26.1 Å². The van der Waals surface area contributed by atoms with Crippen molar-refractivity contribution in [1.82, 2.24) is 10.2 Å². The van der Waals surface area contributed by atoms with Crippen molar-refractivity contribution in [1.29, 1.82) is 0 Å². The van der Waals surface area contributed by atoms with E-state index < -0.39 is 0 Å². The lowest BCUT2D eigenvalue weighted by molar-refractivity contribution is -0.150. The Morgan fingerprint density at radius 1 is 1.00 bits per heavy atom. The van der Waals surface area contributed by atoms with Crippen molar-refractivity contribution in [3.63, 3.8) is 0 Å². The van der Waals surface area contributed by atoms with Crippen LogP contribution in [0.2, 0.25) is 0 Å². The maximum absolute atomic E-state index is 11.9. The fourth-order valence-electron chi connectivity index (χ4n) is 2.21. The van der Waals surface area contributed by atoms with E-state index in [1.54, 1.807) is 0 Å². The van der Waals surface area contributed by atoms with Gasteiger partial charge >= 0.3 is 0 Å². The Morgan fingerprint density at radius 3 is 1.61 bits per heavy atom. The molecule has 23 heavy (non-hydrogen) atoms. The first-order valence-corrected chi connectivity index (χ1v) is 9.26. The molecule has 0 aromatic carbocycles. The zero-order valence-corrected chi connectivity index (χ0v) is 17.5. The number of likely N-dealkylation sites (tertiary alicyclic amines) is 1. The molecule has 1 aliphatic rings. The largest absolute Gasteiger partial charge is 0.315 e. The first-order valence-electron chi connectivity index (χ1n) is 9.26. The predicted octanol–water partition coefficient (Wildman–Crippen LogP) is 4.48. The zero-order chi connectivity index (χ0) is 19.2. The van der Waals surface area contributed by atoms with Crippen molar-refractivity contribution in [3.8, 4) is 0 Å². The molecule has 1 heterocycles. The van der Waals surface area contributed by atoms with Crippen LogP contribution in [0.1, 0.15) is 82.1 Å². The van der Waals surface area contributed by atoms with Crippen molar-refractivity contribution in [2.75, 3.05) is 13.6 Å². The van der Waals surface area contributed by atoms with Gasteiger partial charge in [0.2, 0.25) is 11.8 Å². The summed E-state index contributed by atoms with van der Waals surface area (Å²) in [6.07, 6.45) is 0.985. The van der Waals surface area contributed by atoms with Gasteiger partial charge in [-0.25, -0.2) is 0 Å². The quantitative estimate of drug-likeness (QED) is 0.776. The summed E-state index contributed by atoms with van der Waals surface area (Å²) < 4.78 is 0. The second-order valence-electron chi connectivity index (χ2n) is 6.12. The van der Waals surface area contributed by atoms with Crippen LogP contribution in [0.15, 0.2) is 0 Å². The highest BCUT2D eigenvalue weighted by Crippen LogP contribution is 2.24. The van der Waals surface area contributed by atoms with E-state index in [1.165, 1.54) is 4.90 Å². The van der Waals surface area contributed by atoms with Gasteiger partial charge in [0, 0.05) is 25.4 Å². The van der Waals surface area contributed by atoms with Crippen LogP contribution in [0, 0.1) is 11.3 Å². The molecule has 0 aliphatic carbocycles. The molecule has 1 fully saturated rings. The summed E-state index contributed by atoms with van der Waals surface area (Å²) in [7, 11) is 1.87. The average Bonchev–Trinajstić information content (AvgIpc) is 2.51. The SMILES string of the molecule is CC.CC.CC.CNC(CN1C(=O)CC(C)CC1=O)C(C)(C)C. The Balaban J connectivity index is -0.000000595. The number of nitrogens with zero attached hydrogens (tertiary/aromatic N) is 1. The van der Waals surface area contributed by atoms with Crippen molar-refractivity contribution in [2.45, 2.75) is 88.1 Å². The van der Waals surface area contributed by atoms with E-state index in [0.717, 1.165) is 0 Å². The molecule has 0 aromatic rings. The Hall–Kier alpha value is -0.900. The van der Waals surface area contributed by atoms with Crippen molar-refractivity contribution < 1.29 is 9.59 Å². The summed E-state index contributed by atoms with van der Waals surface area (Å²) in [5.74, 6) is 0.130. The van der Waals surface area contributed by atoms with Crippen LogP contribution >= 0.6 is 0 Å². The predicted molar refractivity (Wildman–Crippen MR) is 101 cm³/mol. The van der Waals surface area contributed by atoms with Gasteiger partial charge in [0.1, 0.15) is 0 Å². The molecule has 1 aliphatic heterocycles. The van der Waals surface area contributed by atoms with E-state index in [9.17, 15) is 9.59 Å². The highest BCUT2D eigenvalue weighted by atomic mass is 16.2. The third-order valence-electron chi connectivity index (χ3n) is 3.41. The van der Waals surface area contributed by atoms with E-state index in [-0.39, 0.29) is 29.2 Å². The maximum atomic E-state index is 11.9. The minimum absolute atomic E-state index is 0.0262. The van der Waals surface area contributed by atoms with Gasteiger partial charge in [-0.3, -0.25) is 14.5 Å². The van der Waals surface area contributed by atoms with E-state index in [4.69, 9.17) is 0 Å². The summed E-state index contributed by atoms with van der Waals surface area (Å²) in [5, 5.41) is 3.20. The Labute approximate surface area is 145 Å². The van der Waals surface area contributed by atoms with Crippen molar-refractivity contribution >= 4 is 11.8 Å². The third kappa shape index (κ3) is 10.5. The van der Waals surface area contributed by atoms with Crippen LogP contribution in [-0.2, 0) is 9.59 Å². The van der Waals surface area contributed by atoms with Gasteiger partial charge in [0.15, 0.2) is 0 Å². The smallest absolute Gasteiger partial charge is 0.229 e. The zero-order valence-electron chi connectivity index (χ0n) is 17.5. The molecule has 0 spiro atoms. The standard InChI is InChI=1S/C13H24N2O2.3C2H6/c1-9-6-11(16)15(12(17)7-9)8-10(14-5)13(2,3)4;3*1-2/h9-10,14H,6-8H2,1-5H3;3*1-2H3. The molecule has 4 heteroatoms. The Bertz CT molecular complexity index is 291. The number of carbonyl (C=O) groups is 2. The second kappa shape index (κ2) is 14.7. The molecule has 0 bridgehead atoms. The van der Waals surface area contributed by atoms with Gasteiger partial charge in [-0.05, 0) is 18.4 Å². The van der Waals surface area contributed by atoms with Gasteiger partial charge < -0.3 is 5.32 Å². The molecule has 4 nitrogen and oxygen atoms in total. The highest BCUT2D eigenvalue weighted by molar-refractivity contribution is 5.97. The highest BCUT2D eigenvalue weighted by Gasteiger charge is 2.34. The number of rotatable bonds is 3. The van der Waals surface area contributed by atoms with Crippen LogP contribution in [-0.4, -0.2) is 36.3 Å². The van der Waals surface area contributed by atoms with Gasteiger partial charge in [-0.2, -0.15) is 0 Å². The lowest BCUT2D eigenvalue weighted by Gasteiger charge is -2.36. The number of carbonyl (C=O) groups excluding carboxylic acids is 2. The lowest BCUT2D eigenvalue weighted by Crippen LogP contribution is -2.52. The Kier molecular flexibility index (Phi) is 17.2. The van der Waals surface area contributed by atoms with Crippen LogP contribution in [0.25, 0.3) is 0 Å². The number of piperidine rings is 1. The summed E-state index contributed by atoms with van der Waals surface area (Å²) in [6, 6.07) is 0.129. The second-order valence-corrected chi connectivity index (χ2v) is 6.12. The van der Waals surface area contributed by atoms with Gasteiger partial charge in [0.05, 0.1) is 0 Å². The van der Waals surface area contributed by atoms with Gasteiger partial charge in [-0.1, -0.05) is 69.2 Å². The number of imide groups is 1. The van der Waals surface area contributed by atoms with Crippen LogP contribution in [0.4, 0.5) is 0 Å². The summed E-state index contributed by atoms with van der Waals surface area (Å²) >= 11 is 0. The molecular weight excluding hydrogens is 288 g/mol. The molecular formula is C19H42N2O2. The molecule has 0 radical (unpaired) electrons. The Morgan fingerprint density at radius 2 is 1.35 bits per heavy atom. The minimum atomic E-state index is -0.0294. The number of nitrogens with one attached hydrogen (secondary N) is 1. The first kappa shape index (κ1) is 27.0. The molecule has 1 saturated heterocycles. The van der Waals surface area contributed by atoms with Crippen molar-refractivity contribution in [3.05, 3.63) is 0 Å². The molecule has 0 aromatic heterocycles. The van der Waals surface area contributed by atoms with Gasteiger partial charge in [0.25, 0.3) is 0 Å². The number of likely N-dealkylation sites (N-methyl/N-ethyl adjacent to an activating group) is 1. The van der Waals surface area contributed by atoms with Crippen LogP contribution in [0.3, 0.4) is 0 Å². The summed E-state index contributed by atoms with van der Waals surface area (Å²) in [5.41, 5.74) is 0.0262. The number of hydrogen-bond acceptors (Lipinski definition) is 3. The first-order chi connectivity index (χ1) is 10.8. The molecule has 1 atom stereocenters. The molecule has 1 rings (SSSR count). The molecule has 140 valence electrons. The van der Waals surface area contributed by atoms with Gasteiger partial charge in [-0.15, -0.1) is 0 Å². The maximum Gasteiger partial charge on any atom is 0.229 e. The van der Waals surface area contributed by atoms with Crippen molar-refractivity contribution in [2.24, 2.45) is 11.3 Å². The fraction of sp³-hybridized carbons (Fsp3) is 0.895. The monoisotopic (exact) mass is 330 g/mol. The third-order valence-corrected chi connectivity index (χ3v) is 3.41. The van der Waals surface area contributed by atoms with E-state index in [1.807, 2.05) is 55.5 Å². The molecule has 1 unspecified atom stereocenters. The van der Waals surface area contributed by atoms with E-state index in [0.29, 0.717) is 19.4 Å². The lowest BCUT2D eigenvalue weighted by atomic mass is 9.85. The number of amides is 2. The topological polar surface area (TPSA) is 49.4 Å². The van der Waals surface area contributed by atoms with Crippen LogP contribution in [0.5, 0.6) is 0 Å². The summed E-state index contributed by atoms with van der Waals surface area (Å²) in [4.78, 5) is 25.2. The van der Waals surface area contributed by atoms with E-state index >= 15 is 0 Å². The molecule has 1 N–H and O–H groups in total. The fourth-order valence-corrected chi connectivity index (χ4v) is 2.21.